The predicted molar refractivity (Wildman–Crippen MR) is 156 cm³/mol. The number of aryl methyl sites for hydroxylation is 1. The molecular formula is C30H35N7O3. The van der Waals surface area contributed by atoms with Crippen molar-refractivity contribution < 1.29 is 14.6 Å². The topological polar surface area (TPSA) is 113 Å². The third-order valence-electron chi connectivity index (χ3n) is 7.99. The van der Waals surface area contributed by atoms with Gasteiger partial charge >= 0.3 is 6.03 Å². The van der Waals surface area contributed by atoms with E-state index < -0.39 is 6.03 Å². The third kappa shape index (κ3) is 4.79. The Morgan fingerprint density at radius 1 is 1.05 bits per heavy atom. The molecule has 6 rings (SSSR count). The lowest BCUT2D eigenvalue weighted by molar-refractivity contribution is 0.248. The first-order valence-electron chi connectivity index (χ1n) is 13.9. The number of amides is 2. The van der Waals surface area contributed by atoms with Crippen molar-refractivity contribution in [3.8, 4) is 17.3 Å². The van der Waals surface area contributed by atoms with Crippen LogP contribution >= 0.6 is 0 Å². The highest BCUT2D eigenvalue weighted by atomic mass is 16.5. The number of nitrogens with zero attached hydrogens (tertiary/aromatic N) is 6. The quantitative estimate of drug-likeness (QED) is 0.326. The van der Waals surface area contributed by atoms with Gasteiger partial charge < -0.3 is 20.5 Å². The lowest BCUT2D eigenvalue weighted by atomic mass is 10.1. The number of benzene rings is 2. The van der Waals surface area contributed by atoms with Crippen molar-refractivity contribution in [1.29, 1.82) is 0 Å². The molecule has 2 aliphatic rings. The molecule has 0 atom stereocenters. The molecule has 10 heteroatoms. The number of hydrogen-bond acceptors (Lipinski definition) is 7. The van der Waals surface area contributed by atoms with Crippen LogP contribution in [0.15, 0.2) is 54.9 Å². The van der Waals surface area contributed by atoms with Crippen LogP contribution in [-0.2, 0) is 6.42 Å². The van der Waals surface area contributed by atoms with Gasteiger partial charge in [-0.1, -0.05) is 30.3 Å². The number of nitrogens with two attached hydrogens (primary N) is 1. The van der Waals surface area contributed by atoms with Gasteiger partial charge in [0.15, 0.2) is 5.65 Å². The molecule has 0 radical (unpaired) electrons. The highest BCUT2D eigenvalue weighted by Crippen LogP contribution is 2.38. The summed E-state index contributed by atoms with van der Waals surface area (Å²) < 4.78 is 7.79. The van der Waals surface area contributed by atoms with E-state index in [1.807, 2.05) is 41.8 Å². The monoisotopic (exact) mass is 541 g/mol. The molecule has 2 aliphatic heterocycles. The molecule has 0 unspecified atom stereocenters. The minimum absolute atomic E-state index is 0.117. The maximum absolute atomic E-state index is 12.8. The van der Waals surface area contributed by atoms with E-state index in [9.17, 15) is 9.90 Å². The second-order valence-corrected chi connectivity index (χ2v) is 10.4. The normalized spacial score (nSPS) is 15.3. The van der Waals surface area contributed by atoms with Crippen LogP contribution in [-0.4, -0.2) is 76.4 Å². The number of ether oxygens (including phenoxy) is 1. The smallest absolute Gasteiger partial charge is 0.320 e. The Hall–Kier alpha value is -4.31. The van der Waals surface area contributed by atoms with Crippen LogP contribution in [0, 0.1) is 6.92 Å². The molecule has 1 saturated heterocycles. The molecule has 0 bridgehead atoms. The standard InChI is InChI=1S/C30H35N7O3/c1-21-25-27(32-20-33-28(25)38)37(23-9-3-2-4-10-23)29(21)36(30(31)39)14-6-5-13-34-15-17-35(18-16-34)24-11-7-8-22-12-19-40-26(22)24/h2-4,7-11,20H,5-6,12-19H2,1H3,(H2,31,39)(H,32,33,38). The van der Waals surface area contributed by atoms with Gasteiger partial charge in [-0.3, -0.25) is 14.4 Å². The fourth-order valence-electron chi connectivity index (χ4n) is 5.98. The summed E-state index contributed by atoms with van der Waals surface area (Å²) in [6, 6.07) is 15.6. The number of hydrogen-bond donors (Lipinski definition) is 2. The zero-order chi connectivity index (χ0) is 27.6. The number of rotatable bonds is 8. The molecule has 0 spiro atoms. The van der Waals surface area contributed by atoms with Crippen molar-refractivity contribution in [1.82, 2.24) is 19.4 Å². The second kappa shape index (κ2) is 11.1. The van der Waals surface area contributed by atoms with Gasteiger partial charge in [0.1, 0.15) is 17.9 Å². The Bertz CT molecular complexity index is 1510. The Kier molecular flexibility index (Phi) is 7.17. The predicted octanol–water partition coefficient (Wildman–Crippen LogP) is 3.86. The number of carbonyl (C=O) groups is 1. The fraction of sp³-hybridized carbons (Fsp3) is 0.367. The van der Waals surface area contributed by atoms with Gasteiger partial charge in [-0.05, 0) is 50.1 Å². The molecule has 1 fully saturated rings. The molecule has 4 aromatic rings. The summed E-state index contributed by atoms with van der Waals surface area (Å²) in [5.41, 5.74) is 10.5. The molecule has 40 heavy (non-hydrogen) atoms. The molecule has 10 nitrogen and oxygen atoms in total. The van der Waals surface area contributed by atoms with E-state index in [0.29, 0.717) is 29.0 Å². The number of aromatic hydroxyl groups is 1. The van der Waals surface area contributed by atoms with E-state index in [1.54, 1.807) is 4.90 Å². The molecule has 0 saturated carbocycles. The summed E-state index contributed by atoms with van der Waals surface area (Å²) in [7, 11) is 0. The Labute approximate surface area is 233 Å². The number of para-hydroxylation sites is 2. The van der Waals surface area contributed by atoms with Gasteiger partial charge in [0.05, 0.1) is 17.7 Å². The molecule has 4 heterocycles. The highest BCUT2D eigenvalue weighted by molar-refractivity contribution is 5.99. The zero-order valence-electron chi connectivity index (χ0n) is 22.8. The van der Waals surface area contributed by atoms with Crippen molar-refractivity contribution in [2.24, 2.45) is 5.73 Å². The van der Waals surface area contributed by atoms with Crippen molar-refractivity contribution >= 4 is 28.6 Å². The SMILES string of the molecule is Cc1c(N(CCCCN2CCN(c3cccc4c3OCC4)CC2)C(N)=O)n(-c2ccccc2)c2ncnc(O)c12. The number of urea groups is 1. The van der Waals surface area contributed by atoms with Gasteiger partial charge in [0, 0.05) is 50.4 Å². The molecule has 2 aromatic heterocycles. The zero-order valence-corrected chi connectivity index (χ0v) is 22.8. The van der Waals surface area contributed by atoms with Crippen LogP contribution in [0.5, 0.6) is 11.6 Å². The van der Waals surface area contributed by atoms with Crippen molar-refractivity contribution in [2.45, 2.75) is 26.2 Å². The number of primary amides is 1. The van der Waals surface area contributed by atoms with E-state index in [2.05, 4.69) is 38.0 Å². The number of fused-ring (bicyclic) bond motifs is 2. The maximum Gasteiger partial charge on any atom is 0.320 e. The van der Waals surface area contributed by atoms with E-state index in [0.717, 1.165) is 70.0 Å². The minimum Gasteiger partial charge on any atom is -0.493 e. The molecular weight excluding hydrogens is 506 g/mol. The summed E-state index contributed by atoms with van der Waals surface area (Å²) >= 11 is 0. The van der Waals surface area contributed by atoms with E-state index in [4.69, 9.17) is 10.5 Å². The van der Waals surface area contributed by atoms with Crippen LogP contribution in [0.25, 0.3) is 16.7 Å². The van der Waals surface area contributed by atoms with Crippen LogP contribution in [0.4, 0.5) is 16.3 Å². The number of aromatic nitrogens is 3. The Morgan fingerprint density at radius 2 is 1.85 bits per heavy atom. The summed E-state index contributed by atoms with van der Waals surface area (Å²) in [6.07, 6.45) is 4.04. The van der Waals surface area contributed by atoms with Crippen LogP contribution in [0.2, 0.25) is 0 Å². The van der Waals surface area contributed by atoms with E-state index >= 15 is 0 Å². The van der Waals surface area contributed by atoms with E-state index in [1.165, 1.54) is 17.6 Å². The molecule has 208 valence electrons. The first kappa shape index (κ1) is 25.9. The van der Waals surface area contributed by atoms with Crippen LogP contribution < -0.4 is 20.3 Å². The fourth-order valence-corrected chi connectivity index (χ4v) is 5.98. The molecule has 2 aromatic carbocycles. The lowest BCUT2D eigenvalue weighted by Gasteiger charge is -2.36. The van der Waals surface area contributed by atoms with Gasteiger partial charge in [-0.2, -0.15) is 0 Å². The van der Waals surface area contributed by atoms with Crippen molar-refractivity contribution in [3.05, 3.63) is 66.0 Å². The number of anilines is 2. The minimum atomic E-state index is -0.540. The average molecular weight is 542 g/mol. The van der Waals surface area contributed by atoms with Gasteiger partial charge in [0.25, 0.3) is 0 Å². The van der Waals surface area contributed by atoms with Gasteiger partial charge in [-0.15, -0.1) is 0 Å². The summed E-state index contributed by atoms with van der Waals surface area (Å²) in [5, 5.41) is 11.1. The lowest BCUT2D eigenvalue weighted by Crippen LogP contribution is -2.46. The first-order chi connectivity index (χ1) is 19.5. The summed E-state index contributed by atoms with van der Waals surface area (Å²) in [6.45, 7) is 7.96. The second-order valence-electron chi connectivity index (χ2n) is 10.4. The Balaban J connectivity index is 1.12. The van der Waals surface area contributed by atoms with Crippen molar-refractivity contribution in [3.63, 3.8) is 0 Å². The van der Waals surface area contributed by atoms with Gasteiger partial charge in [0.2, 0.25) is 5.88 Å². The van der Waals surface area contributed by atoms with E-state index in [-0.39, 0.29) is 5.88 Å². The Morgan fingerprint density at radius 3 is 2.62 bits per heavy atom. The number of piperazine rings is 1. The van der Waals surface area contributed by atoms with Crippen LogP contribution in [0.1, 0.15) is 24.0 Å². The summed E-state index contributed by atoms with van der Waals surface area (Å²) in [5.74, 6) is 1.55. The third-order valence-corrected chi connectivity index (χ3v) is 7.99. The first-order valence-corrected chi connectivity index (χ1v) is 13.9. The molecule has 0 aliphatic carbocycles. The van der Waals surface area contributed by atoms with Crippen LogP contribution in [0.3, 0.4) is 0 Å². The summed E-state index contributed by atoms with van der Waals surface area (Å²) in [4.78, 5) is 27.7. The van der Waals surface area contributed by atoms with Gasteiger partial charge in [-0.25, -0.2) is 14.8 Å². The largest absolute Gasteiger partial charge is 0.493 e. The average Bonchev–Trinajstić information content (AvgIpc) is 3.57. The molecule has 2 amide bonds. The number of unbranched alkanes of at least 4 members (excludes halogenated alkanes) is 1. The maximum atomic E-state index is 12.8. The van der Waals surface area contributed by atoms with Crippen molar-refractivity contribution in [2.75, 3.05) is 55.7 Å². The number of carbonyl (C=O) groups excluding carboxylic acids is 1. The highest BCUT2D eigenvalue weighted by Gasteiger charge is 2.27. The molecule has 3 N–H and O–H groups in total.